The normalized spacial score (nSPS) is 23.7. The van der Waals surface area contributed by atoms with E-state index in [1.807, 2.05) is 6.07 Å². The lowest BCUT2D eigenvalue weighted by molar-refractivity contribution is -0.153. The Hall–Kier alpha value is -1.63. The number of phenols is 1. The van der Waals surface area contributed by atoms with Crippen LogP contribution in [0.1, 0.15) is 36.9 Å². The standard InChI is InChI=1S/C16H22N2O4/c1-2-12(18-7-8-22-15(21)9-18)10-3-5-13(19)16-11(10)4-6-14(20)17-16/h3,5,12,15,19,21H,2,4,6-9H2,1H3,(H,17,20). The maximum absolute atomic E-state index is 11.6. The number of hydrogen-bond acceptors (Lipinski definition) is 5. The maximum Gasteiger partial charge on any atom is 0.224 e. The third-order valence-corrected chi connectivity index (χ3v) is 4.46. The second-order valence-corrected chi connectivity index (χ2v) is 5.82. The minimum atomic E-state index is -0.754. The first-order chi connectivity index (χ1) is 10.6. The number of carbonyl (C=O) groups excluding carboxylic acids is 1. The largest absolute Gasteiger partial charge is 0.506 e. The van der Waals surface area contributed by atoms with Crippen LogP contribution in [0.3, 0.4) is 0 Å². The van der Waals surface area contributed by atoms with E-state index in [9.17, 15) is 15.0 Å². The molecule has 0 spiro atoms. The Kier molecular flexibility index (Phi) is 4.33. The van der Waals surface area contributed by atoms with Crippen molar-refractivity contribution in [3.05, 3.63) is 23.3 Å². The summed E-state index contributed by atoms with van der Waals surface area (Å²) >= 11 is 0. The molecule has 1 saturated heterocycles. The third-order valence-electron chi connectivity index (χ3n) is 4.46. The van der Waals surface area contributed by atoms with Crippen LogP contribution in [0.25, 0.3) is 0 Å². The number of nitrogens with one attached hydrogen (secondary N) is 1. The zero-order valence-corrected chi connectivity index (χ0v) is 12.7. The minimum Gasteiger partial charge on any atom is -0.506 e. The molecule has 22 heavy (non-hydrogen) atoms. The Morgan fingerprint density at radius 2 is 2.27 bits per heavy atom. The van der Waals surface area contributed by atoms with Crippen molar-refractivity contribution < 1.29 is 19.7 Å². The summed E-state index contributed by atoms with van der Waals surface area (Å²) in [5.74, 6) is 0.0541. The lowest BCUT2D eigenvalue weighted by Crippen LogP contribution is -2.44. The highest BCUT2D eigenvalue weighted by Crippen LogP contribution is 2.39. The van der Waals surface area contributed by atoms with Gasteiger partial charge in [-0.25, -0.2) is 0 Å². The molecule has 2 heterocycles. The number of amides is 1. The van der Waals surface area contributed by atoms with Crippen LogP contribution in [-0.2, 0) is 16.0 Å². The molecule has 2 aliphatic heterocycles. The summed E-state index contributed by atoms with van der Waals surface area (Å²) in [5, 5.41) is 22.5. The summed E-state index contributed by atoms with van der Waals surface area (Å²) < 4.78 is 5.20. The van der Waals surface area contributed by atoms with Crippen LogP contribution in [-0.4, -0.2) is 47.0 Å². The van der Waals surface area contributed by atoms with Gasteiger partial charge in [-0.15, -0.1) is 0 Å². The van der Waals surface area contributed by atoms with Crippen molar-refractivity contribution in [1.29, 1.82) is 0 Å². The molecule has 0 radical (unpaired) electrons. The molecule has 2 unspecified atom stereocenters. The van der Waals surface area contributed by atoms with Crippen LogP contribution >= 0.6 is 0 Å². The molecular weight excluding hydrogens is 284 g/mol. The number of hydrogen-bond donors (Lipinski definition) is 3. The van der Waals surface area contributed by atoms with Gasteiger partial charge in [0.25, 0.3) is 0 Å². The highest BCUT2D eigenvalue weighted by molar-refractivity contribution is 5.96. The summed E-state index contributed by atoms with van der Waals surface area (Å²) in [5.41, 5.74) is 2.66. The second kappa shape index (κ2) is 6.24. The lowest BCUT2D eigenvalue weighted by atomic mass is 9.90. The summed E-state index contributed by atoms with van der Waals surface area (Å²) in [4.78, 5) is 13.8. The van der Waals surface area contributed by atoms with Gasteiger partial charge in [-0.1, -0.05) is 13.0 Å². The first-order valence-corrected chi connectivity index (χ1v) is 7.78. The van der Waals surface area contributed by atoms with Crippen molar-refractivity contribution in [2.75, 3.05) is 25.0 Å². The van der Waals surface area contributed by atoms with Crippen LogP contribution in [0.2, 0.25) is 0 Å². The average molecular weight is 306 g/mol. The fourth-order valence-corrected chi connectivity index (χ4v) is 3.42. The molecule has 0 saturated carbocycles. The van der Waals surface area contributed by atoms with Gasteiger partial charge in [0.2, 0.25) is 5.91 Å². The van der Waals surface area contributed by atoms with Crippen LogP contribution in [0, 0.1) is 0 Å². The Bertz CT molecular complexity index is 576. The van der Waals surface area contributed by atoms with Crippen molar-refractivity contribution in [2.45, 2.75) is 38.5 Å². The summed E-state index contributed by atoms with van der Waals surface area (Å²) in [6.07, 6.45) is 1.20. The number of aliphatic hydroxyl groups excluding tert-OH is 1. The Morgan fingerprint density at radius 3 is 3.00 bits per heavy atom. The number of phenolic OH excluding ortho intramolecular Hbond substituents is 1. The first-order valence-electron chi connectivity index (χ1n) is 7.78. The van der Waals surface area contributed by atoms with E-state index >= 15 is 0 Å². The third kappa shape index (κ3) is 2.82. The average Bonchev–Trinajstić information content (AvgIpc) is 2.51. The molecule has 6 nitrogen and oxygen atoms in total. The number of fused-ring (bicyclic) bond motifs is 1. The number of ether oxygens (including phenoxy) is 1. The van der Waals surface area contributed by atoms with E-state index in [1.54, 1.807) is 6.07 Å². The minimum absolute atomic E-state index is 0.0604. The van der Waals surface area contributed by atoms with Gasteiger partial charge in [-0.2, -0.15) is 0 Å². The molecule has 0 aromatic heterocycles. The highest BCUT2D eigenvalue weighted by Gasteiger charge is 2.29. The quantitative estimate of drug-likeness (QED) is 0.735. The summed E-state index contributed by atoms with van der Waals surface area (Å²) in [6.45, 7) is 3.85. The zero-order chi connectivity index (χ0) is 15.7. The molecule has 1 fully saturated rings. The molecular formula is C16H22N2O4. The first kappa shape index (κ1) is 15.3. The summed E-state index contributed by atoms with van der Waals surface area (Å²) in [7, 11) is 0. The van der Waals surface area contributed by atoms with Crippen LogP contribution in [0.4, 0.5) is 5.69 Å². The predicted octanol–water partition coefficient (Wildman–Crippen LogP) is 1.38. The topological polar surface area (TPSA) is 82.0 Å². The van der Waals surface area contributed by atoms with E-state index in [1.165, 1.54) is 0 Å². The summed E-state index contributed by atoms with van der Waals surface area (Å²) in [6, 6.07) is 3.71. The van der Waals surface area contributed by atoms with E-state index in [-0.39, 0.29) is 17.7 Å². The molecule has 2 atom stereocenters. The van der Waals surface area contributed by atoms with E-state index in [2.05, 4.69) is 17.1 Å². The van der Waals surface area contributed by atoms with Gasteiger partial charge in [0.15, 0.2) is 6.29 Å². The number of rotatable bonds is 3. The van der Waals surface area contributed by atoms with E-state index in [0.29, 0.717) is 31.7 Å². The number of aliphatic hydroxyl groups is 1. The molecule has 1 amide bonds. The van der Waals surface area contributed by atoms with Crippen molar-refractivity contribution in [3.63, 3.8) is 0 Å². The smallest absolute Gasteiger partial charge is 0.224 e. The van der Waals surface area contributed by atoms with Gasteiger partial charge in [0.05, 0.1) is 12.3 Å². The van der Waals surface area contributed by atoms with Crippen LogP contribution in [0.15, 0.2) is 12.1 Å². The van der Waals surface area contributed by atoms with Gasteiger partial charge in [-0.05, 0) is 30.0 Å². The fraction of sp³-hybridized carbons (Fsp3) is 0.562. The number of nitrogens with zero attached hydrogens (tertiary/aromatic N) is 1. The highest BCUT2D eigenvalue weighted by atomic mass is 16.6. The molecule has 3 rings (SSSR count). The van der Waals surface area contributed by atoms with E-state index in [0.717, 1.165) is 24.1 Å². The number of β-amino-alcohol motifs (C(OH)–C–C–N with tert-alkyl or cyclic N) is 1. The zero-order valence-electron chi connectivity index (χ0n) is 12.7. The van der Waals surface area contributed by atoms with Crippen molar-refractivity contribution in [1.82, 2.24) is 4.90 Å². The van der Waals surface area contributed by atoms with Crippen molar-refractivity contribution in [2.24, 2.45) is 0 Å². The van der Waals surface area contributed by atoms with Gasteiger partial charge < -0.3 is 20.3 Å². The molecule has 1 aromatic carbocycles. The number of carbonyl (C=O) groups is 1. The molecule has 1 aromatic rings. The number of morpholine rings is 1. The monoisotopic (exact) mass is 306 g/mol. The second-order valence-electron chi connectivity index (χ2n) is 5.82. The molecule has 6 heteroatoms. The van der Waals surface area contributed by atoms with Crippen molar-refractivity contribution >= 4 is 11.6 Å². The molecule has 2 aliphatic rings. The number of anilines is 1. The van der Waals surface area contributed by atoms with Gasteiger partial charge in [0, 0.05) is 25.6 Å². The molecule has 0 bridgehead atoms. The van der Waals surface area contributed by atoms with E-state index < -0.39 is 6.29 Å². The van der Waals surface area contributed by atoms with Crippen LogP contribution in [0.5, 0.6) is 5.75 Å². The van der Waals surface area contributed by atoms with E-state index in [4.69, 9.17) is 4.74 Å². The SMILES string of the molecule is CCC(c1ccc(O)c2c1CCC(=O)N2)N1CCOC(O)C1. The molecule has 120 valence electrons. The lowest BCUT2D eigenvalue weighted by Gasteiger charge is -2.38. The Morgan fingerprint density at radius 1 is 1.45 bits per heavy atom. The Labute approximate surface area is 129 Å². The maximum atomic E-state index is 11.6. The van der Waals surface area contributed by atoms with Crippen molar-refractivity contribution in [3.8, 4) is 5.75 Å². The fourth-order valence-electron chi connectivity index (χ4n) is 3.42. The van der Waals surface area contributed by atoms with Gasteiger partial charge >= 0.3 is 0 Å². The van der Waals surface area contributed by atoms with Gasteiger partial charge in [0.1, 0.15) is 5.75 Å². The van der Waals surface area contributed by atoms with Crippen LogP contribution < -0.4 is 5.32 Å². The van der Waals surface area contributed by atoms with Gasteiger partial charge in [-0.3, -0.25) is 9.69 Å². The molecule has 0 aliphatic carbocycles. The molecule has 3 N–H and O–H groups in total. The predicted molar refractivity (Wildman–Crippen MR) is 81.6 cm³/mol. The Balaban J connectivity index is 1.95. The number of benzene rings is 1. The number of aromatic hydroxyl groups is 1.